The van der Waals surface area contributed by atoms with Crippen molar-refractivity contribution in [2.75, 3.05) is 5.73 Å². The molecule has 6 nitrogen and oxygen atoms in total. The molecule has 128 valence electrons. The van der Waals surface area contributed by atoms with Gasteiger partial charge in [0.05, 0.1) is 16.3 Å². The van der Waals surface area contributed by atoms with Gasteiger partial charge < -0.3 is 5.73 Å². The molecule has 2 rings (SSSR count). The van der Waals surface area contributed by atoms with Crippen molar-refractivity contribution < 1.29 is 13.0 Å². The summed E-state index contributed by atoms with van der Waals surface area (Å²) in [5.74, 6) is 0. The molecule has 0 aliphatic heterocycles. The van der Waals surface area contributed by atoms with Gasteiger partial charge in [-0.25, -0.2) is 0 Å². The lowest BCUT2D eigenvalue weighted by atomic mass is 9.84. The van der Waals surface area contributed by atoms with Crippen molar-refractivity contribution in [1.82, 2.24) is 0 Å². The first-order valence-electron chi connectivity index (χ1n) is 7.38. The number of nitrogens with zero attached hydrogens (tertiary/aromatic N) is 2. The van der Waals surface area contributed by atoms with Crippen LogP contribution in [0.4, 0.5) is 17.1 Å². The Morgan fingerprint density at radius 3 is 2.04 bits per heavy atom. The molecule has 0 amide bonds. The molecule has 0 saturated carbocycles. The molecule has 3 N–H and O–H groups in total. The molecule has 0 heterocycles. The summed E-state index contributed by atoms with van der Waals surface area (Å²) in [5, 5.41) is 8.30. The molecule has 7 heteroatoms. The van der Waals surface area contributed by atoms with Gasteiger partial charge in [-0.15, -0.1) is 0 Å². The summed E-state index contributed by atoms with van der Waals surface area (Å²) in [7, 11) is -4.21. The van der Waals surface area contributed by atoms with E-state index in [4.69, 9.17) is 10.3 Å². The maximum atomic E-state index is 11.0. The quantitative estimate of drug-likeness (QED) is 0.483. The second kappa shape index (κ2) is 6.33. The van der Waals surface area contributed by atoms with Crippen molar-refractivity contribution >= 4 is 27.2 Å². The molecule has 0 atom stereocenters. The highest BCUT2D eigenvalue weighted by Gasteiger charge is 2.19. The second-order valence-electron chi connectivity index (χ2n) is 6.64. The van der Waals surface area contributed by atoms with Gasteiger partial charge >= 0.3 is 0 Å². The lowest BCUT2D eigenvalue weighted by molar-refractivity contribution is 0.483. The van der Waals surface area contributed by atoms with E-state index in [-0.39, 0.29) is 10.3 Å². The summed E-state index contributed by atoms with van der Waals surface area (Å²) in [5.41, 5.74) is 9.86. The molecule has 2 aromatic rings. The zero-order valence-corrected chi connectivity index (χ0v) is 14.9. The predicted octanol–water partition coefficient (Wildman–Crippen LogP) is 4.54. The largest absolute Gasteiger partial charge is 0.398 e. The van der Waals surface area contributed by atoms with Crippen LogP contribution in [0.5, 0.6) is 0 Å². The fourth-order valence-corrected chi connectivity index (χ4v) is 2.74. The van der Waals surface area contributed by atoms with Gasteiger partial charge in [0.15, 0.2) is 0 Å². The maximum absolute atomic E-state index is 11.0. The number of nitrogens with two attached hydrogens (primary N) is 1. The molecule has 0 radical (unpaired) electrons. The minimum absolute atomic E-state index is 0.114. The van der Waals surface area contributed by atoms with Crippen molar-refractivity contribution in [1.29, 1.82) is 0 Å². The number of benzene rings is 2. The van der Waals surface area contributed by atoms with Crippen LogP contribution in [-0.2, 0) is 15.5 Å². The summed E-state index contributed by atoms with van der Waals surface area (Å²) in [4.78, 5) is -0.181. The number of hydrogen-bond acceptors (Lipinski definition) is 5. The maximum Gasteiger partial charge on any atom is 0.294 e. The van der Waals surface area contributed by atoms with Crippen LogP contribution in [0.15, 0.2) is 51.5 Å². The van der Waals surface area contributed by atoms with Crippen molar-refractivity contribution in [3.63, 3.8) is 0 Å². The predicted molar refractivity (Wildman–Crippen MR) is 94.7 cm³/mol. The van der Waals surface area contributed by atoms with E-state index < -0.39 is 10.1 Å². The van der Waals surface area contributed by atoms with Crippen LogP contribution in [0, 0.1) is 6.92 Å². The summed E-state index contributed by atoms with van der Waals surface area (Å²) in [6.45, 7) is 8.15. The topological polar surface area (TPSA) is 105 Å². The number of anilines is 1. The zero-order valence-electron chi connectivity index (χ0n) is 14.1. The molecule has 0 saturated heterocycles. The molecule has 0 fully saturated rings. The molecule has 0 bridgehead atoms. The van der Waals surface area contributed by atoms with Crippen LogP contribution >= 0.6 is 0 Å². The van der Waals surface area contributed by atoms with Gasteiger partial charge in [0.2, 0.25) is 0 Å². The third-order valence-corrected chi connectivity index (χ3v) is 4.46. The summed E-state index contributed by atoms with van der Waals surface area (Å²) in [6, 6.07) is 9.25. The average Bonchev–Trinajstić information content (AvgIpc) is 2.46. The Kier molecular flexibility index (Phi) is 4.77. The fraction of sp³-hybridized carbons (Fsp3) is 0.294. The highest BCUT2D eigenvalue weighted by atomic mass is 32.2. The molecule has 2 aromatic carbocycles. The first kappa shape index (κ1) is 18.1. The van der Waals surface area contributed by atoms with Gasteiger partial charge in [-0.2, -0.15) is 18.6 Å². The second-order valence-corrected chi connectivity index (χ2v) is 8.06. The molecule has 0 unspecified atom stereocenters. The first-order valence-corrected chi connectivity index (χ1v) is 8.82. The number of aryl methyl sites for hydroxylation is 1. The third kappa shape index (κ3) is 4.18. The smallest absolute Gasteiger partial charge is 0.294 e. The molecule has 24 heavy (non-hydrogen) atoms. The Hall–Kier alpha value is -2.25. The Labute approximate surface area is 142 Å². The minimum Gasteiger partial charge on any atom is -0.398 e. The normalized spacial score (nSPS) is 12.7. The lowest BCUT2D eigenvalue weighted by Gasteiger charge is -2.22. The van der Waals surface area contributed by atoms with Gasteiger partial charge in [-0.1, -0.05) is 20.8 Å². The average molecular weight is 347 g/mol. The van der Waals surface area contributed by atoms with Crippen LogP contribution in [0.3, 0.4) is 0 Å². The molecular formula is C17H21N3O3S. The van der Waals surface area contributed by atoms with E-state index in [1.165, 1.54) is 24.3 Å². The van der Waals surface area contributed by atoms with Crippen LogP contribution in [0.25, 0.3) is 0 Å². The van der Waals surface area contributed by atoms with E-state index in [0.717, 1.165) is 16.8 Å². The van der Waals surface area contributed by atoms with Gasteiger partial charge in [0.1, 0.15) is 0 Å². The Morgan fingerprint density at radius 2 is 1.54 bits per heavy atom. The van der Waals surface area contributed by atoms with E-state index in [0.29, 0.717) is 11.4 Å². The fourth-order valence-electron chi connectivity index (χ4n) is 2.26. The van der Waals surface area contributed by atoms with E-state index in [1.807, 2.05) is 19.1 Å². The van der Waals surface area contributed by atoms with Gasteiger partial charge in [0.25, 0.3) is 10.1 Å². The minimum atomic E-state index is -4.21. The number of rotatable bonds is 3. The molecule has 0 aromatic heterocycles. The summed E-state index contributed by atoms with van der Waals surface area (Å²) in [6.07, 6.45) is 0. The Balaban J connectivity index is 2.34. The number of hydrogen-bond donors (Lipinski definition) is 2. The van der Waals surface area contributed by atoms with E-state index in [1.54, 1.807) is 0 Å². The van der Waals surface area contributed by atoms with Gasteiger partial charge in [-0.3, -0.25) is 4.55 Å². The van der Waals surface area contributed by atoms with Crippen molar-refractivity contribution in [3.05, 3.63) is 47.5 Å². The standard InChI is InChI=1S/C17H21N3O3S/c1-11-9-13(10-15(16(11)18)17(2,3)4)20-19-12-5-7-14(8-6-12)24(21,22)23/h5-10H,18H2,1-4H3,(H,21,22,23)/b20-19+. The van der Waals surface area contributed by atoms with Gasteiger partial charge in [0, 0.05) is 5.69 Å². The number of azo groups is 1. The van der Waals surface area contributed by atoms with Crippen molar-refractivity contribution in [2.24, 2.45) is 10.2 Å². The van der Waals surface area contributed by atoms with E-state index in [9.17, 15) is 8.42 Å². The van der Waals surface area contributed by atoms with Crippen LogP contribution < -0.4 is 5.73 Å². The third-order valence-electron chi connectivity index (χ3n) is 3.60. The van der Waals surface area contributed by atoms with Crippen LogP contribution in [0.1, 0.15) is 31.9 Å². The zero-order chi connectivity index (χ0) is 18.1. The molecule has 0 spiro atoms. The Morgan fingerprint density at radius 1 is 1.00 bits per heavy atom. The lowest BCUT2D eigenvalue weighted by Crippen LogP contribution is -2.14. The van der Waals surface area contributed by atoms with Crippen molar-refractivity contribution in [2.45, 2.75) is 38.0 Å². The first-order chi connectivity index (χ1) is 11.0. The molecule has 0 aliphatic rings. The van der Waals surface area contributed by atoms with Crippen LogP contribution in [0.2, 0.25) is 0 Å². The summed E-state index contributed by atoms with van der Waals surface area (Å²) >= 11 is 0. The van der Waals surface area contributed by atoms with E-state index >= 15 is 0 Å². The molecule has 0 aliphatic carbocycles. The van der Waals surface area contributed by atoms with Gasteiger partial charge in [-0.05, 0) is 59.9 Å². The highest BCUT2D eigenvalue weighted by Crippen LogP contribution is 2.34. The SMILES string of the molecule is Cc1cc(/N=N/c2ccc(S(=O)(=O)O)cc2)cc(C(C)(C)C)c1N. The monoisotopic (exact) mass is 347 g/mol. The number of nitrogen functional groups attached to an aromatic ring is 1. The van der Waals surface area contributed by atoms with E-state index in [2.05, 4.69) is 31.0 Å². The molecular weight excluding hydrogens is 326 g/mol. The Bertz CT molecular complexity index is 881. The highest BCUT2D eigenvalue weighted by molar-refractivity contribution is 7.85. The van der Waals surface area contributed by atoms with Crippen LogP contribution in [-0.4, -0.2) is 13.0 Å². The van der Waals surface area contributed by atoms with Crippen molar-refractivity contribution in [3.8, 4) is 0 Å². The summed E-state index contributed by atoms with van der Waals surface area (Å²) < 4.78 is 31.0.